The van der Waals surface area contributed by atoms with Gasteiger partial charge in [0.1, 0.15) is 0 Å². The van der Waals surface area contributed by atoms with Crippen molar-refractivity contribution in [3.63, 3.8) is 0 Å². The Kier molecular flexibility index (Phi) is 5.70. The monoisotopic (exact) mass is 341 g/mol. The number of rotatable bonds is 5. The Morgan fingerprint density at radius 1 is 1.24 bits per heavy atom. The largest absolute Gasteiger partial charge is 0.246 e. The van der Waals surface area contributed by atoms with Gasteiger partial charge in [-0.3, -0.25) is 0 Å². The molecule has 1 atom stereocenters. The zero-order valence-electron chi connectivity index (χ0n) is 12.7. The van der Waals surface area contributed by atoms with E-state index in [9.17, 15) is 0 Å². The number of alkyl halides is 1. The van der Waals surface area contributed by atoms with Crippen LogP contribution in [0.4, 0.5) is 0 Å². The van der Waals surface area contributed by atoms with Crippen LogP contribution in [0.3, 0.4) is 0 Å². The van der Waals surface area contributed by atoms with E-state index in [0.717, 1.165) is 17.9 Å². The lowest BCUT2D eigenvalue weighted by atomic mass is 9.93. The van der Waals surface area contributed by atoms with Gasteiger partial charge in [0.2, 0.25) is 0 Å². The quantitative estimate of drug-likeness (QED) is 0.632. The Morgan fingerprint density at radius 3 is 2.57 bits per heavy atom. The molecule has 0 N–H and O–H groups in total. The SMILES string of the molecule is CC(C)(C)c1csc(CC(CCl)Cc2cccc(Cl)c2)n1. The lowest BCUT2D eigenvalue weighted by Crippen LogP contribution is -2.13. The van der Waals surface area contributed by atoms with Crippen LogP contribution in [0.1, 0.15) is 37.0 Å². The summed E-state index contributed by atoms with van der Waals surface area (Å²) in [6.45, 7) is 6.57. The summed E-state index contributed by atoms with van der Waals surface area (Å²) >= 11 is 13.9. The molecule has 0 radical (unpaired) electrons. The first-order chi connectivity index (χ1) is 9.88. The highest BCUT2D eigenvalue weighted by Crippen LogP contribution is 2.26. The maximum atomic E-state index is 6.15. The molecule has 1 aromatic carbocycles. The second kappa shape index (κ2) is 7.13. The average Bonchev–Trinajstić information content (AvgIpc) is 2.86. The fourth-order valence-corrected chi connectivity index (χ4v) is 3.74. The zero-order valence-corrected chi connectivity index (χ0v) is 15.0. The van der Waals surface area contributed by atoms with Gasteiger partial charge < -0.3 is 0 Å². The molecule has 2 rings (SSSR count). The Bertz CT molecular complexity index is 586. The summed E-state index contributed by atoms with van der Waals surface area (Å²) in [5.41, 5.74) is 2.51. The van der Waals surface area contributed by atoms with Crippen molar-refractivity contribution in [3.05, 3.63) is 50.9 Å². The summed E-state index contributed by atoms with van der Waals surface area (Å²) in [7, 11) is 0. The van der Waals surface area contributed by atoms with Gasteiger partial charge in [0.15, 0.2) is 0 Å². The Morgan fingerprint density at radius 2 is 2.00 bits per heavy atom. The van der Waals surface area contributed by atoms with Crippen molar-refractivity contribution < 1.29 is 0 Å². The third-order valence-corrected chi connectivity index (χ3v) is 4.96. The molecular weight excluding hydrogens is 321 g/mol. The molecule has 114 valence electrons. The van der Waals surface area contributed by atoms with Crippen LogP contribution in [0.2, 0.25) is 5.02 Å². The van der Waals surface area contributed by atoms with Gasteiger partial charge in [-0.05, 0) is 30.0 Å². The molecule has 2 aromatic rings. The Balaban J connectivity index is 2.04. The van der Waals surface area contributed by atoms with E-state index in [-0.39, 0.29) is 5.41 Å². The number of benzene rings is 1. The first-order valence-corrected chi connectivity index (χ1v) is 8.93. The lowest BCUT2D eigenvalue weighted by Gasteiger charge is -2.15. The fraction of sp³-hybridized carbons (Fsp3) is 0.471. The van der Waals surface area contributed by atoms with Crippen LogP contribution in [0.5, 0.6) is 0 Å². The van der Waals surface area contributed by atoms with Crippen LogP contribution < -0.4 is 0 Å². The molecular formula is C17H21Cl2NS. The van der Waals surface area contributed by atoms with E-state index in [0.29, 0.717) is 11.8 Å². The summed E-state index contributed by atoms with van der Waals surface area (Å²) in [6.07, 6.45) is 1.87. The fourth-order valence-electron chi connectivity index (χ4n) is 2.17. The molecule has 0 aliphatic heterocycles. The third kappa shape index (κ3) is 4.98. The molecule has 1 unspecified atom stereocenters. The van der Waals surface area contributed by atoms with Crippen LogP contribution in [-0.4, -0.2) is 10.9 Å². The molecule has 0 aliphatic carbocycles. The van der Waals surface area contributed by atoms with Crippen molar-refractivity contribution in [1.29, 1.82) is 0 Å². The van der Waals surface area contributed by atoms with Crippen molar-refractivity contribution >= 4 is 34.5 Å². The molecule has 4 heteroatoms. The molecule has 21 heavy (non-hydrogen) atoms. The topological polar surface area (TPSA) is 12.9 Å². The van der Waals surface area contributed by atoms with Gasteiger partial charge in [-0.15, -0.1) is 22.9 Å². The predicted molar refractivity (Wildman–Crippen MR) is 93.9 cm³/mol. The van der Waals surface area contributed by atoms with Crippen LogP contribution in [0.15, 0.2) is 29.6 Å². The van der Waals surface area contributed by atoms with E-state index in [1.165, 1.54) is 16.3 Å². The summed E-state index contributed by atoms with van der Waals surface area (Å²) in [5.74, 6) is 1.03. The van der Waals surface area contributed by atoms with Gasteiger partial charge in [-0.25, -0.2) is 4.98 Å². The van der Waals surface area contributed by atoms with Crippen LogP contribution in [0.25, 0.3) is 0 Å². The molecule has 1 nitrogen and oxygen atoms in total. The molecule has 0 aliphatic rings. The van der Waals surface area contributed by atoms with Gasteiger partial charge in [0.05, 0.1) is 10.7 Å². The number of hydrogen-bond acceptors (Lipinski definition) is 2. The molecule has 1 aromatic heterocycles. The highest BCUT2D eigenvalue weighted by atomic mass is 35.5. The van der Waals surface area contributed by atoms with Gasteiger partial charge in [-0.2, -0.15) is 0 Å². The summed E-state index contributed by atoms with van der Waals surface area (Å²) < 4.78 is 0. The van der Waals surface area contributed by atoms with Crippen LogP contribution >= 0.6 is 34.5 Å². The smallest absolute Gasteiger partial charge is 0.0931 e. The van der Waals surface area contributed by atoms with Crippen molar-refractivity contribution in [1.82, 2.24) is 4.98 Å². The minimum Gasteiger partial charge on any atom is -0.246 e. The minimum absolute atomic E-state index is 0.109. The van der Waals surface area contributed by atoms with Crippen LogP contribution in [0, 0.1) is 5.92 Å². The van der Waals surface area contributed by atoms with E-state index < -0.39 is 0 Å². The number of aromatic nitrogens is 1. The zero-order chi connectivity index (χ0) is 15.5. The molecule has 0 spiro atoms. The lowest BCUT2D eigenvalue weighted by molar-refractivity contribution is 0.556. The standard InChI is InChI=1S/C17H21Cl2NS/c1-17(2,3)15-11-21-16(20-15)9-13(10-18)7-12-5-4-6-14(19)8-12/h4-6,8,11,13H,7,9-10H2,1-3H3. The van der Waals surface area contributed by atoms with Gasteiger partial charge in [-0.1, -0.05) is 44.5 Å². The van der Waals surface area contributed by atoms with Crippen molar-refractivity contribution in [3.8, 4) is 0 Å². The molecule has 0 bridgehead atoms. The second-order valence-electron chi connectivity index (χ2n) is 6.43. The number of thiazole rings is 1. The van der Waals surface area contributed by atoms with Gasteiger partial charge >= 0.3 is 0 Å². The summed E-state index contributed by atoms with van der Waals surface area (Å²) in [6, 6.07) is 8.01. The number of hydrogen-bond donors (Lipinski definition) is 0. The molecule has 0 saturated carbocycles. The minimum atomic E-state index is 0.109. The van der Waals surface area contributed by atoms with Crippen LogP contribution in [-0.2, 0) is 18.3 Å². The highest BCUT2D eigenvalue weighted by molar-refractivity contribution is 7.09. The molecule has 0 fully saturated rings. The maximum absolute atomic E-state index is 6.15. The van der Waals surface area contributed by atoms with Crippen molar-refractivity contribution in [2.75, 3.05) is 5.88 Å². The van der Waals surface area contributed by atoms with Gasteiger partial charge in [0, 0.05) is 28.1 Å². The highest BCUT2D eigenvalue weighted by Gasteiger charge is 2.19. The van der Waals surface area contributed by atoms with Crippen molar-refractivity contribution in [2.24, 2.45) is 5.92 Å². The maximum Gasteiger partial charge on any atom is 0.0931 e. The number of nitrogens with zero attached hydrogens (tertiary/aromatic N) is 1. The third-order valence-electron chi connectivity index (χ3n) is 3.42. The first kappa shape index (κ1) is 16.8. The average molecular weight is 342 g/mol. The van der Waals surface area contributed by atoms with E-state index >= 15 is 0 Å². The Labute approximate surface area is 141 Å². The number of halogens is 2. The molecule has 1 heterocycles. The second-order valence-corrected chi connectivity index (χ2v) is 8.12. The molecule has 0 amide bonds. The summed E-state index contributed by atoms with van der Waals surface area (Å²) in [4.78, 5) is 4.76. The van der Waals surface area contributed by atoms with E-state index in [1.807, 2.05) is 18.2 Å². The van der Waals surface area contributed by atoms with Crippen molar-refractivity contribution in [2.45, 2.75) is 39.0 Å². The summed E-state index contributed by atoms with van der Waals surface area (Å²) in [5, 5.41) is 4.12. The Hall–Kier alpha value is -0.570. The van der Waals surface area contributed by atoms with E-state index in [4.69, 9.17) is 28.2 Å². The van der Waals surface area contributed by atoms with Gasteiger partial charge in [0.25, 0.3) is 0 Å². The normalized spacial score (nSPS) is 13.4. The van der Waals surface area contributed by atoms with E-state index in [2.05, 4.69) is 32.2 Å². The van der Waals surface area contributed by atoms with E-state index in [1.54, 1.807) is 11.3 Å². The first-order valence-electron chi connectivity index (χ1n) is 7.14. The molecule has 0 saturated heterocycles. The predicted octanol–water partition coefficient (Wildman–Crippen LogP) is 5.73.